The molecule has 9 heteroatoms. The maximum Gasteiger partial charge on any atom is 0.313 e. The van der Waals surface area contributed by atoms with Gasteiger partial charge in [-0.05, 0) is 47.4 Å². The van der Waals surface area contributed by atoms with Gasteiger partial charge in [0.15, 0.2) is 15.7 Å². The molecule has 27 heavy (non-hydrogen) atoms. The molecule has 3 rings (SSSR count). The zero-order valence-corrected chi connectivity index (χ0v) is 16.6. The highest BCUT2D eigenvalue weighted by Gasteiger charge is 2.29. The fourth-order valence-corrected chi connectivity index (χ4v) is 4.62. The van der Waals surface area contributed by atoms with Crippen molar-refractivity contribution in [2.24, 2.45) is 5.92 Å². The molecule has 0 radical (unpaired) electrons. The second-order valence-corrected chi connectivity index (χ2v) is 9.08. The predicted molar refractivity (Wildman–Crippen MR) is 98.3 cm³/mol. The lowest BCUT2D eigenvalue weighted by Gasteiger charge is -2.20. The summed E-state index contributed by atoms with van der Waals surface area (Å²) in [4.78, 5) is 12.6. The van der Waals surface area contributed by atoms with Gasteiger partial charge >= 0.3 is 5.97 Å². The van der Waals surface area contributed by atoms with Crippen LogP contribution in [-0.4, -0.2) is 48.0 Å². The molecule has 0 saturated heterocycles. The summed E-state index contributed by atoms with van der Waals surface area (Å²) in [7, 11) is -2.12. The first-order chi connectivity index (χ1) is 12.8. The second kappa shape index (κ2) is 7.75. The molecule has 1 heterocycles. The third kappa shape index (κ3) is 4.18. The van der Waals surface area contributed by atoms with Crippen LogP contribution in [0.15, 0.2) is 23.1 Å². The number of tetrazole rings is 1. The number of hydrogen-bond acceptors (Lipinski definition) is 7. The first-order valence-electron chi connectivity index (χ1n) is 8.98. The quantitative estimate of drug-likeness (QED) is 0.694. The number of carbonyl (C=O) groups is 1. The highest BCUT2D eigenvalue weighted by molar-refractivity contribution is 7.90. The molecular formula is C18H24N4O4S. The van der Waals surface area contributed by atoms with Gasteiger partial charge in [-0.15, -0.1) is 5.10 Å². The Hall–Kier alpha value is -2.29. The van der Waals surface area contributed by atoms with Gasteiger partial charge in [0, 0.05) is 6.26 Å². The van der Waals surface area contributed by atoms with E-state index in [4.69, 9.17) is 4.74 Å². The number of sulfone groups is 1. The van der Waals surface area contributed by atoms with Crippen LogP contribution in [0.25, 0.3) is 5.69 Å². The normalized spacial score (nSPS) is 16.4. The lowest BCUT2D eigenvalue weighted by atomic mass is 9.87. The molecule has 8 nitrogen and oxygen atoms in total. The molecule has 1 aliphatic rings. The lowest BCUT2D eigenvalue weighted by Crippen LogP contribution is -2.18. The molecule has 1 unspecified atom stereocenters. The molecule has 1 saturated carbocycles. The van der Waals surface area contributed by atoms with Crippen molar-refractivity contribution in [3.05, 3.63) is 29.6 Å². The van der Waals surface area contributed by atoms with Gasteiger partial charge in [0.2, 0.25) is 0 Å². The summed E-state index contributed by atoms with van der Waals surface area (Å²) >= 11 is 0. The Morgan fingerprint density at radius 1 is 1.33 bits per heavy atom. The maximum atomic E-state index is 12.5. The first-order valence-corrected chi connectivity index (χ1v) is 10.9. The van der Waals surface area contributed by atoms with E-state index in [0.717, 1.165) is 19.1 Å². The Morgan fingerprint density at radius 2 is 2.04 bits per heavy atom. The van der Waals surface area contributed by atoms with E-state index in [9.17, 15) is 13.2 Å². The Balaban J connectivity index is 2.08. The van der Waals surface area contributed by atoms with Crippen LogP contribution in [0.5, 0.6) is 0 Å². The van der Waals surface area contributed by atoms with E-state index in [0.29, 0.717) is 29.4 Å². The van der Waals surface area contributed by atoms with Gasteiger partial charge < -0.3 is 4.74 Å². The number of methoxy groups -OCH3 is 1. The molecule has 1 fully saturated rings. The number of carbonyl (C=O) groups excluding carboxylic acids is 1. The molecule has 0 spiro atoms. The van der Waals surface area contributed by atoms with E-state index >= 15 is 0 Å². The van der Waals surface area contributed by atoms with Crippen LogP contribution in [0.3, 0.4) is 0 Å². The predicted octanol–water partition coefficient (Wildman–Crippen LogP) is 2.21. The van der Waals surface area contributed by atoms with Crippen LogP contribution in [0, 0.1) is 12.8 Å². The molecule has 1 aromatic carbocycles. The zero-order valence-electron chi connectivity index (χ0n) is 15.8. The van der Waals surface area contributed by atoms with Crippen molar-refractivity contribution in [3.8, 4) is 5.69 Å². The van der Waals surface area contributed by atoms with Crippen LogP contribution in [-0.2, 0) is 19.4 Å². The van der Waals surface area contributed by atoms with Crippen molar-refractivity contribution in [2.75, 3.05) is 13.4 Å². The van der Waals surface area contributed by atoms with E-state index in [1.165, 1.54) is 30.7 Å². The molecular weight excluding hydrogens is 368 g/mol. The van der Waals surface area contributed by atoms with Crippen LogP contribution in [0.1, 0.15) is 49.4 Å². The highest BCUT2D eigenvalue weighted by Crippen LogP contribution is 2.36. The minimum absolute atomic E-state index is 0.117. The summed E-state index contributed by atoms with van der Waals surface area (Å²) in [5.41, 5.74) is 1.06. The fraction of sp³-hybridized carbons (Fsp3) is 0.556. The number of hydrogen-bond donors (Lipinski definition) is 0. The molecule has 0 amide bonds. The average Bonchev–Trinajstić information content (AvgIpc) is 3.29. The van der Waals surface area contributed by atoms with Crippen molar-refractivity contribution in [2.45, 2.75) is 49.8 Å². The summed E-state index contributed by atoms with van der Waals surface area (Å²) < 4.78 is 30.9. The zero-order chi connectivity index (χ0) is 19.6. The molecule has 0 N–H and O–H groups in total. The van der Waals surface area contributed by atoms with Gasteiger partial charge in [-0.2, -0.15) is 4.68 Å². The summed E-state index contributed by atoms with van der Waals surface area (Å²) in [6.07, 6.45) is 6.41. The molecule has 1 aliphatic carbocycles. The van der Waals surface area contributed by atoms with Crippen molar-refractivity contribution < 1.29 is 17.9 Å². The smallest absolute Gasteiger partial charge is 0.313 e. The number of benzene rings is 1. The SMILES string of the molecule is COC(=O)C(CC1CCCC1)c1ccc(S(C)(=O)=O)c(-n2nnnc2C)c1. The number of nitrogens with zero attached hydrogens (tertiary/aromatic N) is 4. The topological polar surface area (TPSA) is 104 Å². The number of rotatable bonds is 6. The van der Waals surface area contributed by atoms with Crippen LogP contribution in [0.2, 0.25) is 0 Å². The number of aryl methyl sites for hydroxylation is 1. The van der Waals surface area contributed by atoms with E-state index in [2.05, 4.69) is 15.5 Å². The minimum atomic E-state index is -3.50. The molecule has 146 valence electrons. The van der Waals surface area contributed by atoms with Crippen molar-refractivity contribution in [3.63, 3.8) is 0 Å². The highest BCUT2D eigenvalue weighted by atomic mass is 32.2. The fourth-order valence-electron chi connectivity index (χ4n) is 3.77. The van der Waals surface area contributed by atoms with E-state index in [-0.39, 0.29) is 10.9 Å². The summed E-state index contributed by atoms with van der Waals surface area (Å²) in [5.74, 6) is 0.181. The molecule has 1 atom stereocenters. The van der Waals surface area contributed by atoms with Crippen molar-refractivity contribution >= 4 is 15.8 Å². The lowest BCUT2D eigenvalue weighted by molar-refractivity contribution is -0.142. The Labute approximate surface area is 158 Å². The Morgan fingerprint density at radius 3 is 2.59 bits per heavy atom. The van der Waals surface area contributed by atoms with E-state index in [1.54, 1.807) is 19.1 Å². The third-order valence-corrected chi connectivity index (χ3v) is 6.31. The monoisotopic (exact) mass is 392 g/mol. The Kier molecular flexibility index (Phi) is 5.59. The van der Waals surface area contributed by atoms with Crippen molar-refractivity contribution in [1.29, 1.82) is 0 Å². The van der Waals surface area contributed by atoms with E-state index in [1.807, 2.05) is 0 Å². The van der Waals surface area contributed by atoms with Gasteiger partial charge in [-0.3, -0.25) is 4.79 Å². The minimum Gasteiger partial charge on any atom is -0.469 e. The number of ether oxygens (including phenoxy) is 1. The largest absolute Gasteiger partial charge is 0.469 e. The molecule has 0 aliphatic heterocycles. The van der Waals surface area contributed by atoms with Crippen LogP contribution >= 0.6 is 0 Å². The van der Waals surface area contributed by atoms with Crippen LogP contribution < -0.4 is 0 Å². The number of aromatic nitrogens is 4. The molecule has 1 aromatic heterocycles. The summed E-state index contributed by atoms with van der Waals surface area (Å²) in [5, 5.41) is 11.4. The van der Waals surface area contributed by atoms with Gasteiger partial charge in [0.25, 0.3) is 0 Å². The van der Waals surface area contributed by atoms with Crippen LogP contribution in [0.4, 0.5) is 0 Å². The summed E-state index contributed by atoms with van der Waals surface area (Å²) in [6, 6.07) is 4.90. The van der Waals surface area contributed by atoms with Gasteiger partial charge in [0.05, 0.1) is 23.6 Å². The van der Waals surface area contributed by atoms with Gasteiger partial charge in [-0.1, -0.05) is 31.7 Å². The molecule has 0 bridgehead atoms. The first kappa shape index (κ1) is 19.5. The van der Waals surface area contributed by atoms with Crippen molar-refractivity contribution in [1.82, 2.24) is 20.2 Å². The second-order valence-electron chi connectivity index (χ2n) is 7.10. The third-order valence-electron chi connectivity index (χ3n) is 5.17. The molecule has 2 aromatic rings. The standard InChI is InChI=1S/C18H24N4O4S/c1-12-19-20-21-22(12)16-11-14(8-9-17(16)27(3,24)25)15(18(23)26-2)10-13-6-4-5-7-13/h8-9,11,13,15H,4-7,10H2,1-3H3. The van der Waals surface area contributed by atoms with Gasteiger partial charge in [-0.25, -0.2) is 8.42 Å². The number of esters is 1. The Bertz CT molecular complexity index is 933. The average molecular weight is 392 g/mol. The van der Waals surface area contributed by atoms with E-state index < -0.39 is 15.8 Å². The maximum absolute atomic E-state index is 12.5. The van der Waals surface area contributed by atoms with Gasteiger partial charge in [0.1, 0.15) is 0 Å². The summed E-state index contributed by atoms with van der Waals surface area (Å²) in [6.45, 7) is 1.69.